The summed E-state index contributed by atoms with van der Waals surface area (Å²) >= 11 is 0. The van der Waals surface area contributed by atoms with E-state index in [2.05, 4.69) is 5.32 Å². The fraction of sp³-hybridized carbons (Fsp3) is 0.400. The van der Waals surface area contributed by atoms with Crippen LogP contribution in [0.3, 0.4) is 0 Å². The summed E-state index contributed by atoms with van der Waals surface area (Å²) in [5.74, 6) is 0.789. The molecule has 0 unspecified atom stereocenters. The summed E-state index contributed by atoms with van der Waals surface area (Å²) in [6.45, 7) is -0.400. The van der Waals surface area contributed by atoms with Crippen LogP contribution in [0.1, 0.15) is 11.6 Å². The van der Waals surface area contributed by atoms with Crippen molar-refractivity contribution in [3.05, 3.63) is 29.8 Å². The second-order valence-electron chi connectivity index (χ2n) is 2.77. The summed E-state index contributed by atoms with van der Waals surface area (Å²) in [4.78, 5) is 0. The number of alkyl halides is 1. The van der Waals surface area contributed by atoms with Gasteiger partial charge in [-0.3, -0.25) is 0 Å². The van der Waals surface area contributed by atoms with Crippen molar-refractivity contribution in [3.63, 3.8) is 0 Å². The van der Waals surface area contributed by atoms with E-state index in [1.165, 1.54) is 0 Å². The van der Waals surface area contributed by atoms with E-state index in [0.29, 0.717) is 0 Å². The molecule has 1 aromatic rings. The highest BCUT2D eigenvalue weighted by Gasteiger charge is 2.07. The normalized spacial score (nSPS) is 12.5. The van der Waals surface area contributed by atoms with Crippen molar-refractivity contribution >= 4 is 0 Å². The first kappa shape index (κ1) is 9.99. The molecule has 0 fully saturated rings. The summed E-state index contributed by atoms with van der Waals surface area (Å²) in [7, 11) is 3.36. The van der Waals surface area contributed by atoms with Gasteiger partial charge in [0.05, 0.1) is 13.2 Å². The zero-order valence-corrected chi connectivity index (χ0v) is 7.88. The van der Waals surface area contributed by atoms with Crippen LogP contribution in [0.2, 0.25) is 0 Å². The highest BCUT2D eigenvalue weighted by molar-refractivity contribution is 5.29. The zero-order valence-electron chi connectivity index (χ0n) is 7.88. The van der Waals surface area contributed by atoms with E-state index in [4.69, 9.17) is 4.74 Å². The Kier molecular flexibility index (Phi) is 3.71. The van der Waals surface area contributed by atoms with Crippen LogP contribution in [-0.4, -0.2) is 20.8 Å². The Labute approximate surface area is 77.7 Å². The molecule has 0 aliphatic carbocycles. The van der Waals surface area contributed by atoms with E-state index in [9.17, 15) is 4.39 Å². The topological polar surface area (TPSA) is 21.3 Å². The van der Waals surface area contributed by atoms with Gasteiger partial charge < -0.3 is 10.1 Å². The lowest BCUT2D eigenvalue weighted by Crippen LogP contribution is -2.17. The lowest BCUT2D eigenvalue weighted by molar-refractivity contribution is 0.397. The highest BCUT2D eigenvalue weighted by Crippen LogP contribution is 2.17. The third kappa shape index (κ3) is 2.42. The standard InChI is InChI=1S/C10H14FNO/c1-12-10(7-11)8-3-5-9(13-2)6-4-8/h3-6,10,12H,7H2,1-2H3/t10-/m1/s1. The van der Waals surface area contributed by atoms with Gasteiger partial charge in [-0.2, -0.15) is 0 Å². The molecule has 1 atom stereocenters. The largest absolute Gasteiger partial charge is 0.497 e. The van der Waals surface area contributed by atoms with Crippen LogP contribution >= 0.6 is 0 Å². The number of benzene rings is 1. The van der Waals surface area contributed by atoms with E-state index in [1.54, 1.807) is 14.2 Å². The molecule has 1 N–H and O–H groups in total. The maximum atomic E-state index is 12.4. The number of rotatable bonds is 4. The Morgan fingerprint density at radius 2 is 2.00 bits per heavy atom. The SMILES string of the molecule is CN[C@H](CF)c1ccc(OC)cc1. The Hall–Kier alpha value is -1.09. The Balaban J connectivity index is 2.78. The molecule has 72 valence electrons. The van der Waals surface area contributed by atoms with E-state index < -0.39 is 6.67 Å². The lowest BCUT2D eigenvalue weighted by atomic mass is 10.1. The number of nitrogens with one attached hydrogen (secondary N) is 1. The molecule has 0 spiro atoms. The average Bonchev–Trinajstić information content (AvgIpc) is 2.21. The van der Waals surface area contributed by atoms with E-state index in [-0.39, 0.29) is 6.04 Å². The van der Waals surface area contributed by atoms with Crippen LogP contribution in [-0.2, 0) is 0 Å². The minimum atomic E-state index is -0.400. The first-order chi connectivity index (χ1) is 6.31. The second-order valence-corrected chi connectivity index (χ2v) is 2.77. The maximum Gasteiger partial charge on any atom is 0.118 e. The Bertz CT molecular complexity index is 244. The molecule has 1 aromatic carbocycles. The molecular formula is C10H14FNO. The predicted molar refractivity (Wildman–Crippen MR) is 50.8 cm³/mol. The van der Waals surface area contributed by atoms with Crippen molar-refractivity contribution in [3.8, 4) is 5.75 Å². The predicted octanol–water partition coefficient (Wildman–Crippen LogP) is 1.93. The van der Waals surface area contributed by atoms with Gasteiger partial charge in [0.25, 0.3) is 0 Å². The molecule has 0 aromatic heterocycles. The fourth-order valence-electron chi connectivity index (χ4n) is 1.17. The third-order valence-electron chi connectivity index (χ3n) is 2.02. The molecule has 0 aliphatic rings. The van der Waals surface area contributed by atoms with Gasteiger partial charge in [0.2, 0.25) is 0 Å². The summed E-state index contributed by atoms with van der Waals surface area (Å²) < 4.78 is 17.4. The molecular weight excluding hydrogens is 169 g/mol. The van der Waals surface area contributed by atoms with Gasteiger partial charge in [-0.1, -0.05) is 12.1 Å². The highest BCUT2D eigenvalue weighted by atomic mass is 19.1. The second kappa shape index (κ2) is 4.82. The van der Waals surface area contributed by atoms with Crippen molar-refractivity contribution in [1.82, 2.24) is 5.32 Å². The number of hydrogen-bond acceptors (Lipinski definition) is 2. The number of methoxy groups -OCH3 is 1. The third-order valence-corrected chi connectivity index (χ3v) is 2.02. The van der Waals surface area contributed by atoms with Gasteiger partial charge in [-0.15, -0.1) is 0 Å². The molecule has 0 saturated carbocycles. The van der Waals surface area contributed by atoms with E-state index >= 15 is 0 Å². The summed E-state index contributed by atoms with van der Waals surface area (Å²) in [5, 5.41) is 2.89. The van der Waals surface area contributed by atoms with Gasteiger partial charge in [0.15, 0.2) is 0 Å². The number of ether oxygens (including phenoxy) is 1. The van der Waals surface area contributed by atoms with Gasteiger partial charge >= 0.3 is 0 Å². The summed E-state index contributed by atoms with van der Waals surface area (Å²) in [6, 6.07) is 7.16. The van der Waals surface area contributed by atoms with Crippen molar-refractivity contribution in [2.75, 3.05) is 20.8 Å². The molecule has 2 nitrogen and oxygen atoms in total. The average molecular weight is 183 g/mol. The van der Waals surface area contributed by atoms with Gasteiger partial charge in [-0.05, 0) is 24.7 Å². The number of halogens is 1. The molecule has 0 radical (unpaired) electrons. The Morgan fingerprint density at radius 1 is 1.38 bits per heavy atom. The van der Waals surface area contributed by atoms with Crippen LogP contribution < -0.4 is 10.1 Å². The number of hydrogen-bond donors (Lipinski definition) is 1. The van der Waals surface area contributed by atoms with Crippen molar-refractivity contribution in [2.24, 2.45) is 0 Å². The summed E-state index contributed by atoms with van der Waals surface area (Å²) in [5.41, 5.74) is 0.936. The van der Waals surface area contributed by atoms with Crippen LogP contribution in [0, 0.1) is 0 Å². The van der Waals surface area contributed by atoms with Crippen molar-refractivity contribution in [2.45, 2.75) is 6.04 Å². The maximum absolute atomic E-state index is 12.4. The fourth-order valence-corrected chi connectivity index (χ4v) is 1.17. The first-order valence-electron chi connectivity index (χ1n) is 4.19. The molecule has 0 aliphatic heterocycles. The lowest BCUT2D eigenvalue weighted by Gasteiger charge is -2.12. The minimum absolute atomic E-state index is 0.217. The molecule has 0 saturated heterocycles. The molecule has 0 heterocycles. The van der Waals surface area contributed by atoms with Gasteiger partial charge in [0, 0.05) is 0 Å². The summed E-state index contributed by atoms with van der Waals surface area (Å²) in [6.07, 6.45) is 0. The molecule has 0 bridgehead atoms. The van der Waals surface area contributed by atoms with Crippen molar-refractivity contribution in [1.29, 1.82) is 0 Å². The van der Waals surface area contributed by atoms with Crippen molar-refractivity contribution < 1.29 is 9.13 Å². The Morgan fingerprint density at radius 3 is 2.38 bits per heavy atom. The smallest absolute Gasteiger partial charge is 0.118 e. The van der Waals surface area contributed by atoms with Crippen LogP contribution in [0.15, 0.2) is 24.3 Å². The minimum Gasteiger partial charge on any atom is -0.497 e. The van der Waals surface area contributed by atoms with Crippen LogP contribution in [0.4, 0.5) is 4.39 Å². The molecule has 0 amide bonds. The molecule has 13 heavy (non-hydrogen) atoms. The molecule has 3 heteroatoms. The zero-order chi connectivity index (χ0) is 9.68. The van der Waals surface area contributed by atoms with Crippen LogP contribution in [0.25, 0.3) is 0 Å². The van der Waals surface area contributed by atoms with Gasteiger partial charge in [-0.25, -0.2) is 4.39 Å². The van der Waals surface area contributed by atoms with Gasteiger partial charge in [0.1, 0.15) is 12.4 Å². The first-order valence-corrected chi connectivity index (χ1v) is 4.19. The quantitative estimate of drug-likeness (QED) is 0.770. The van der Waals surface area contributed by atoms with Crippen LogP contribution in [0.5, 0.6) is 5.75 Å². The van der Waals surface area contributed by atoms with E-state index in [0.717, 1.165) is 11.3 Å². The monoisotopic (exact) mass is 183 g/mol. The molecule has 1 rings (SSSR count). The van der Waals surface area contributed by atoms with E-state index in [1.807, 2.05) is 24.3 Å².